The lowest BCUT2D eigenvalue weighted by molar-refractivity contribution is -0.138. The van der Waals surface area contributed by atoms with Crippen LogP contribution >= 0.6 is 0 Å². The minimum absolute atomic E-state index is 0.175. The fourth-order valence-electron chi connectivity index (χ4n) is 3.85. The van der Waals surface area contributed by atoms with Crippen LogP contribution in [0.3, 0.4) is 0 Å². The average molecular weight is 617 g/mol. The molecule has 10 heteroatoms. The first-order chi connectivity index (χ1) is 21.8. The summed E-state index contributed by atoms with van der Waals surface area (Å²) in [5, 5.41) is 0. The van der Waals surface area contributed by atoms with E-state index >= 15 is 0 Å². The van der Waals surface area contributed by atoms with E-state index in [0.29, 0.717) is 60.9 Å². The largest absolute Gasteiger partial charge is 0.493 e. The number of hydrogen-bond acceptors (Lipinski definition) is 10. The lowest BCUT2D eigenvalue weighted by atomic mass is 10.1. The van der Waals surface area contributed by atoms with E-state index in [9.17, 15) is 19.2 Å². The molecule has 0 radical (unpaired) electrons. The van der Waals surface area contributed by atoms with Gasteiger partial charge < -0.3 is 28.4 Å². The van der Waals surface area contributed by atoms with Crippen LogP contribution in [0.15, 0.2) is 92.0 Å². The van der Waals surface area contributed by atoms with Gasteiger partial charge in [0.25, 0.3) is 0 Å². The number of rotatable bonds is 18. The quantitative estimate of drug-likeness (QED) is 0.0586. The van der Waals surface area contributed by atoms with Crippen LogP contribution in [0.25, 0.3) is 0 Å². The Morgan fingerprint density at radius 2 is 1.09 bits per heavy atom. The van der Waals surface area contributed by atoms with Gasteiger partial charge in [-0.05, 0) is 78.7 Å². The molecule has 236 valence electrons. The molecule has 10 nitrogen and oxygen atoms in total. The first-order valence-electron chi connectivity index (χ1n) is 14.3. The summed E-state index contributed by atoms with van der Waals surface area (Å²) in [4.78, 5) is 47.1. The third-order valence-electron chi connectivity index (χ3n) is 6.25. The Kier molecular flexibility index (Phi) is 13.9. The number of hydrogen-bond donors (Lipinski definition) is 0. The van der Waals surface area contributed by atoms with Crippen molar-refractivity contribution in [2.75, 3.05) is 33.0 Å². The fourth-order valence-corrected chi connectivity index (χ4v) is 3.85. The van der Waals surface area contributed by atoms with Crippen LogP contribution < -0.4 is 14.2 Å². The van der Waals surface area contributed by atoms with Gasteiger partial charge in [-0.15, -0.1) is 0 Å². The molecule has 0 fully saturated rings. The number of esters is 4. The van der Waals surface area contributed by atoms with Gasteiger partial charge in [0, 0.05) is 31.4 Å². The molecule has 0 heterocycles. The van der Waals surface area contributed by atoms with Gasteiger partial charge in [-0.3, -0.25) is 0 Å². The molecule has 0 saturated heterocycles. The highest BCUT2D eigenvalue weighted by Crippen LogP contribution is 2.21. The molecule has 45 heavy (non-hydrogen) atoms. The van der Waals surface area contributed by atoms with Crippen molar-refractivity contribution in [3.05, 3.63) is 114 Å². The predicted octanol–water partition coefficient (Wildman–Crippen LogP) is 5.61. The third-order valence-corrected chi connectivity index (χ3v) is 6.25. The van der Waals surface area contributed by atoms with E-state index in [4.69, 9.17) is 28.4 Å². The topological polar surface area (TPSA) is 124 Å². The highest BCUT2D eigenvalue weighted by Gasteiger charge is 2.12. The molecular formula is C35H36O10. The molecule has 0 saturated carbocycles. The van der Waals surface area contributed by atoms with Crippen LogP contribution in [-0.2, 0) is 30.2 Å². The summed E-state index contributed by atoms with van der Waals surface area (Å²) >= 11 is 0. The zero-order valence-corrected chi connectivity index (χ0v) is 25.2. The van der Waals surface area contributed by atoms with Crippen LogP contribution in [0, 0.1) is 6.92 Å². The van der Waals surface area contributed by atoms with Crippen molar-refractivity contribution in [2.24, 2.45) is 0 Å². The molecule has 3 rings (SSSR count). The minimum atomic E-state index is -0.510. The van der Waals surface area contributed by atoms with Crippen molar-refractivity contribution in [3.8, 4) is 17.2 Å². The van der Waals surface area contributed by atoms with Crippen molar-refractivity contribution in [1.82, 2.24) is 0 Å². The number of aryl methyl sites for hydroxylation is 1. The molecule has 0 aromatic heterocycles. The maximum Gasteiger partial charge on any atom is 0.343 e. The first-order valence-corrected chi connectivity index (χ1v) is 14.3. The summed E-state index contributed by atoms with van der Waals surface area (Å²) in [6, 6.07) is 18.4. The first kappa shape index (κ1) is 34.1. The van der Waals surface area contributed by atoms with E-state index in [0.717, 1.165) is 23.3 Å². The van der Waals surface area contributed by atoms with E-state index in [2.05, 4.69) is 13.2 Å². The molecule has 0 spiro atoms. The van der Waals surface area contributed by atoms with Gasteiger partial charge >= 0.3 is 23.9 Å². The number of benzene rings is 3. The van der Waals surface area contributed by atoms with Crippen molar-refractivity contribution in [1.29, 1.82) is 0 Å². The molecule has 0 N–H and O–H groups in total. The highest BCUT2D eigenvalue weighted by molar-refractivity contribution is 5.91. The van der Waals surface area contributed by atoms with Crippen molar-refractivity contribution in [3.63, 3.8) is 0 Å². The van der Waals surface area contributed by atoms with E-state index in [1.54, 1.807) is 60.7 Å². The Bertz CT molecular complexity index is 1460. The van der Waals surface area contributed by atoms with Crippen molar-refractivity contribution >= 4 is 23.9 Å². The predicted molar refractivity (Wildman–Crippen MR) is 166 cm³/mol. The Labute approximate surface area is 262 Å². The molecule has 3 aromatic carbocycles. The fraction of sp³-hybridized carbons (Fsp3) is 0.257. The summed E-state index contributed by atoms with van der Waals surface area (Å²) in [7, 11) is 0. The zero-order chi connectivity index (χ0) is 32.4. The summed E-state index contributed by atoms with van der Waals surface area (Å²) in [6.45, 7) is 9.89. The Morgan fingerprint density at radius 1 is 0.600 bits per heavy atom. The standard InChI is InChI=1S/C35H36O10/c1-4-32(36)42-21-6-19-40-29-13-9-27(10-14-29)34(38)44-23-18-26-8-17-31(24-25(26)3)45-35(39)28-11-15-30(16-12-28)41-20-7-22-43-33(37)5-2/h4-5,8-17,24H,1-2,6-7,18-23H2,3H3. The number of ether oxygens (including phenoxy) is 6. The summed E-state index contributed by atoms with van der Waals surface area (Å²) < 4.78 is 31.9. The molecule has 3 aromatic rings. The minimum Gasteiger partial charge on any atom is -0.493 e. The molecule has 0 unspecified atom stereocenters. The average Bonchev–Trinajstić information content (AvgIpc) is 3.05. The maximum atomic E-state index is 12.6. The van der Waals surface area contributed by atoms with E-state index in [-0.39, 0.29) is 19.8 Å². The number of carbonyl (C=O) groups is 4. The lowest BCUT2D eigenvalue weighted by Crippen LogP contribution is -2.10. The van der Waals surface area contributed by atoms with Gasteiger partial charge in [0.05, 0.1) is 44.2 Å². The highest BCUT2D eigenvalue weighted by atomic mass is 16.5. The third kappa shape index (κ3) is 12.0. The second kappa shape index (κ2) is 18.3. The van der Waals surface area contributed by atoms with Crippen LogP contribution in [0.2, 0.25) is 0 Å². The molecule has 0 aliphatic carbocycles. The van der Waals surface area contributed by atoms with Gasteiger partial charge in [0.1, 0.15) is 17.2 Å². The molecule has 0 aliphatic rings. The van der Waals surface area contributed by atoms with Gasteiger partial charge in [-0.2, -0.15) is 0 Å². The maximum absolute atomic E-state index is 12.6. The molecule has 0 amide bonds. The monoisotopic (exact) mass is 616 g/mol. The van der Waals surface area contributed by atoms with Crippen LogP contribution in [-0.4, -0.2) is 56.9 Å². The second-order valence-electron chi connectivity index (χ2n) is 9.56. The van der Waals surface area contributed by atoms with Crippen LogP contribution in [0.5, 0.6) is 17.2 Å². The Hall–Kier alpha value is -5.38. The van der Waals surface area contributed by atoms with Crippen molar-refractivity contribution in [2.45, 2.75) is 26.2 Å². The van der Waals surface area contributed by atoms with E-state index in [1.807, 2.05) is 13.0 Å². The summed E-state index contributed by atoms with van der Waals surface area (Å²) in [5.74, 6) is -0.358. The van der Waals surface area contributed by atoms with Crippen LogP contribution in [0.4, 0.5) is 0 Å². The van der Waals surface area contributed by atoms with Gasteiger partial charge in [-0.1, -0.05) is 19.2 Å². The molecule has 0 aliphatic heterocycles. The smallest absolute Gasteiger partial charge is 0.343 e. The molecular weight excluding hydrogens is 580 g/mol. The SMILES string of the molecule is C=CC(=O)OCCCOc1ccc(C(=O)OCCc2ccc(OC(=O)c3ccc(OCCCOC(=O)C=C)cc3)cc2C)cc1. The zero-order valence-electron chi connectivity index (χ0n) is 25.2. The number of carbonyl (C=O) groups excluding carboxylic acids is 4. The summed E-state index contributed by atoms with van der Waals surface area (Å²) in [5.41, 5.74) is 2.60. The van der Waals surface area contributed by atoms with Gasteiger partial charge in [0.15, 0.2) is 0 Å². The van der Waals surface area contributed by atoms with Gasteiger partial charge in [-0.25, -0.2) is 19.2 Å². The Morgan fingerprint density at radius 3 is 1.58 bits per heavy atom. The molecule has 0 atom stereocenters. The summed E-state index contributed by atoms with van der Waals surface area (Å²) in [6.07, 6.45) is 3.74. The Balaban J connectivity index is 1.38. The van der Waals surface area contributed by atoms with Crippen molar-refractivity contribution < 1.29 is 47.6 Å². The second-order valence-corrected chi connectivity index (χ2v) is 9.56. The van der Waals surface area contributed by atoms with Crippen LogP contribution in [0.1, 0.15) is 44.7 Å². The molecule has 0 bridgehead atoms. The normalized spacial score (nSPS) is 10.2. The lowest BCUT2D eigenvalue weighted by Gasteiger charge is -2.11. The van der Waals surface area contributed by atoms with E-state index in [1.165, 1.54) is 0 Å². The van der Waals surface area contributed by atoms with Gasteiger partial charge in [0.2, 0.25) is 0 Å². The van der Waals surface area contributed by atoms with E-state index < -0.39 is 23.9 Å².